The minimum absolute atomic E-state index is 0.331. The zero-order chi connectivity index (χ0) is 11.8. The molecule has 2 aliphatic rings. The van der Waals surface area contributed by atoms with Crippen molar-refractivity contribution in [3.63, 3.8) is 0 Å². The lowest BCUT2D eigenvalue weighted by Crippen LogP contribution is -2.04. The molecule has 3 heterocycles. The Balaban J connectivity index is 2.03. The van der Waals surface area contributed by atoms with Gasteiger partial charge in [-0.05, 0) is 12.1 Å². The van der Waals surface area contributed by atoms with E-state index in [0.717, 1.165) is 10.6 Å². The van der Waals surface area contributed by atoms with E-state index in [4.69, 9.17) is 11.6 Å². The van der Waals surface area contributed by atoms with Crippen LogP contribution in [0.3, 0.4) is 0 Å². The van der Waals surface area contributed by atoms with Gasteiger partial charge in [-0.25, -0.2) is 9.78 Å². The third-order valence-corrected chi connectivity index (χ3v) is 3.44. The Morgan fingerprint density at radius 2 is 2.41 bits per heavy atom. The fourth-order valence-electron chi connectivity index (χ4n) is 1.66. The molecule has 3 rings (SSSR count). The molecule has 0 aliphatic carbocycles. The highest BCUT2D eigenvalue weighted by Crippen LogP contribution is 2.21. The predicted molar refractivity (Wildman–Crippen MR) is 65.7 cm³/mol. The largest absolute Gasteiger partial charge is 0.347 e. The second-order valence-electron chi connectivity index (χ2n) is 3.49. The number of nitrogens with zero attached hydrogens (tertiary/aromatic N) is 3. The molecule has 0 aromatic carbocycles. The van der Waals surface area contributed by atoms with Crippen molar-refractivity contribution >= 4 is 22.9 Å². The van der Waals surface area contributed by atoms with Gasteiger partial charge in [-0.2, -0.15) is 4.98 Å². The van der Waals surface area contributed by atoms with Crippen molar-refractivity contribution in [3.05, 3.63) is 44.4 Å². The first kappa shape index (κ1) is 10.5. The number of nitrogens with one attached hydrogen (secondary N) is 1. The van der Waals surface area contributed by atoms with E-state index in [1.165, 1.54) is 11.3 Å². The van der Waals surface area contributed by atoms with Crippen LogP contribution in [0.5, 0.6) is 0 Å². The van der Waals surface area contributed by atoms with E-state index in [2.05, 4.69) is 15.0 Å². The number of pyridine rings is 1. The van der Waals surface area contributed by atoms with Gasteiger partial charge in [0.2, 0.25) is 0 Å². The summed E-state index contributed by atoms with van der Waals surface area (Å²) >= 11 is 7.19. The summed E-state index contributed by atoms with van der Waals surface area (Å²) in [6, 6.07) is 3.68. The van der Waals surface area contributed by atoms with Gasteiger partial charge in [0, 0.05) is 17.3 Å². The van der Waals surface area contributed by atoms with Crippen LogP contribution in [0.2, 0.25) is 4.47 Å². The maximum atomic E-state index is 11.2. The molecule has 0 radical (unpaired) electrons. The summed E-state index contributed by atoms with van der Waals surface area (Å²) in [5.74, 6) is 0.641. The molecule has 1 aromatic heterocycles. The van der Waals surface area contributed by atoms with Crippen LogP contribution in [0.15, 0.2) is 29.3 Å². The van der Waals surface area contributed by atoms with Crippen LogP contribution < -0.4 is 5.69 Å². The van der Waals surface area contributed by atoms with Crippen molar-refractivity contribution in [2.45, 2.75) is 6.54 Å². The lowest BCUT2D eigenvalue weighted by molar-refractivity contribution is 0.793. The van der Waals surface area contributed by atoms with Gasteiger partial charge in [0.15, 0.2) is 10.3 Å². The average molecular weight is 267 g/mol. The van der Waals surface area contributed by atoms with Crippen molar-refractivity contribution < 1.29 is 0 Å². The van der Waals surface area contributed by atoms with E-state index in [1.54, 1.807) is 6.20 Å². The maximum Gasteiger partial charge on any atom is 0.347 e. The highest BCUT2D eigenvalue weighted by atomic mass is 35.5. The van der Waals surface area contributed by atoms with E-state index >= 15 is 0 Å². The molecule has 0 amide bonds. The molecule has 17 heavy (non-hydrogen) atoms. The standard InChI is InChI=1S/C10H7ClN4OS/c11-9-12-4-6(17-9)5-15-3-1-2-7-8(15)14-10(16)13-7/h1-4H,5H2,(H,13,16). The summed E-state index contributed by atoms with van der Waals surface area (Å²) in [5, 5.41) is 0. The van der Waals surface area contributed by atoms with Crippen LogP contribution in [0, 0.1) is 0 Å². The highest BCUT2D eigenvalue weighted by molar-refractivity contribution is 7.15. The number of halogens is 1. The van der Waals surface area contributed by atoms with Crippen LogP contribution in [0.4, 0.5) is 0 Å². The molecular formula is C10H7ClN4OS. The number of aromatic nitrogens is 4. The number of aromatic amines is 1. The SMILES string of the molecule is O=c1nc2n(Cc3cnc(Cl)s3)cccc-2[nH]1. The van der Waals surface area contributed by atoms with Crippen LogP contribution >= 0.6 is 22.9 Å². The van der Waals surface area contributed by atoms with Crippen molar-refractivity contribution in [1.82, 2.24) is 19.5 Å². The molecular weight excluding hydrogens is 260 g/mol. The second-order valence-corrected chi connectivity index (χ2v) is 5.19. The number of thiazole rings is 1. The first-order valence-electron chi connectivity index (χ1n) is 4.88. The summed E-state index contributed by atoms with van der Waals surface area (Å²) in [7, 11) is 0. The third kappa shape index (κ3) is 1.96. The number of rotatable bonds is 2. The van der Waals surface area contributed by atoms with Gasteiger partial charge in [0.1, 0.15) is 0 Å². The molecule has 1 N–H and O–H groups in total. The number of hydrogen-bond acceptors (Lipinski definition) is 4. The zero-order valence-corrected chi connectivity index (χ0v) is 10.1. The van der Waals surface area contributed by atoms with Crippen molar-refractivity contribution in [1.29, 1.82) is 0 Å². The molecule has 0 saturated heterocycles. The topological polar surface area (TPSA) is 63.6 Å². The molecule has 5 nitrogen and oxygen atoms in total. The van der Waals surface area contributed by atoms with Crippen molar-refractivity contribution in [2.75, 3.05) is 0 Å². The van der Waals surface area contributed by atoms with Crippen molar-refractivity contribution in [3.8, 4) is 11.5 Å². The summed E-state index contributed by atoms with van der Waals surface area (Å²) in [6.07, 6.45) is 3.60. The fraction of sp³-hybridized carbons (Fsp3) is 0.100. The Morgan fingerprint density at radius 1 is 1.53 bits per heavy atom. The normalized spacial score (nSPS) is 11.1. The van der Waals surface area contributed by atoms with Gasteiger partial charge in [-0.3, -0.25) is 0 Å². The van der Waals surface area contributed by atoms with E-state index in [9.17, 15) is 4.79 Å². The smallest absolute Gasteiger partial charge is 0.326 e. The average Bonchev–Trinajstić information content (AvgIpc) is 2.84. The van der Waals surface area contributed by atoms with E-state index in [-0.39, 0.29) is 5.69 Å². The Hall–Kier alpha value is -1.66. The molecule has 0 bridgehead atoms. The number of H-pyrrole nitrogens is 1. The van der Waals surface area contributed by atoms with Gasteiger partial charge in [0.05, 0.1) is 12.2 Å². The lowest BCUT2D eigenvalue weighted by atomic mass is 10.3. The molecule has 86 valence electrons. The highest BCUT2D eigenvalue weighted by Gasteiger charge is 2.11. The van der Waals surface area contributed by atoms with Gasteiger partial charge in [-0.15, -0.1) is 11.3 Å². The Labute approximate surface area is 105 Å². The summed E-state index contributed by atoms with van der Waals surface area (Å²) in [6.45, 7) is 0.603. The first-order valence-corrected chi connectivity index (χ1v) is 6.07. The summed E-state index contributed by atoms with van der Waals surface area (Å²) < 4.78 is 2.40. The minimum atomic E-state index is -0.331. The fourth-order valence-corrected chi connectivity index (χ4v) is 2.63. The molecule has 0 fully saturated rings. The molecule has 0 saturated carbocycles. The van der Waals surface area contributed by atoms with Gasteiger partial charge in [0.25, 0.3) is 0 Å². The van der Waals surface area contributed by atoms with Crippen molar-refractivity contribution in [2.24, 2.45) is 0 Å². The third-order valence-electron chi connectivity index (χ3n) is 2.34. The maximum absolute atomic E-state index is 11.2. The van der Waals surface area contributed by atoms with E-state index < -0.39 is 0 Å². The predicted octanol–water partition coefficient (Wildman–Crippen LogP) is 1.83. The van der Waals surface area contributed by atoms with Crippen LogP contribution in [0.25, 0.3) is 11.5 Å². The molecule has 2 aliphatic heterocycles. The van der Waals surface area contributed by atoms with Crippen LogP contribution in [-0.2, 0) is 6.54 Å². The second kappa shape index (κ2) is 3.97. The Morgan fingerprint density at radius 3 is 3.18 bits per heavy atom. The molecule has 0 unspecified atom stereocenters. The summed E-state index contributed by atoms with van der Waals surface area (Å²) in [4.78, 5) is 22.8. The van der Waals surface area contributed by atoms with Gasteiger partial charge < -0.3 is 9.55 Å². The number of hydrogen-bond donors (Lipinski definition) is 1. The Kier molecular flexibility index (Phi) is 2.45. The van der Waals surface area contributed by atoms with E-state index in [0.29, 0.717) is 16.8 Å². The number of imidazole rings is 1. The zero-order valence-electron chi connectivity index (χ0n) is 8.55. The molecule has 0 spiro atoms. The lowest BCUT2D eigenvalue weighted by Gasteiger charge is -2.08. The van der Waals surface area contributed by atoms with Crippen LogP contribution in [-0.4, -0.2) is 19.5 Å². The quantitative estimate of drug-likeness (QED) is 0.770. The minimum Gasteiger partial charge on any atom is -0.326 e. The van der Waals surface area contributed by atoms with E-state index in [1.807, 2.05) is 22.9 Å². The van der Waals surface area contributed by atoms with Gasteiger partial charge >= 0.3 is 5.69 Å². The molecule has 1 aromatic rings. The Bertz CT molecular complexity index is 686. The monoisotopic (exact) mass is 266 g/mol. The summed E-state index contributed by atoms with van der Waals surface area (Å²) in [5.41, 5.74) is 0.399. The number of fused-ring (bicyclic) bond motifs is 1. The molecule has 7 heteroatoms. The molecule has 0 atom stereocenters. The van der Waals surface area contributed by atoms with Crippen LogP contribution in [0.1, 0.15) is 4.88 Å². The first-order chi connectivity index (χ1) is 8.22. The van der Waals surface area contributed by atoms with Gasteiger partial charge in [-0.1, -0.05) is 11.6 Å².